The summed E-state index contributed by atoms with van der Waals surface area (Å²) in [5.74, 6) is 0.124. The van der Waals surface area contributed by atoms with Crippen LogP contribution in [-0.2, 0) is 10.0 Å². The summed E-state index contributed by atoms with van der Waals surface area (Å²) < 4.78 is 26.4. The summed E-state index contributed by atoms with van der Waals surface area (Å²) in [7, 11) is -3.18. The van der Waals surface area contributed by atoms with Crippen molar-refractivity contribution in [1.82, 2.24) is 24.4 Å². The van der Waals surface area contributed by atoms with E-state index < -0.39 is 10.0 Å². The van der Waals surface area contributed by atoms with Crippen LogP contribution in [0.3, 0.4) is 0 Å². The van der Waals surface area contributed by atoms with Crippen LogP contribution in [0, 0.1) is 5.92 Å². The summed E-state index contributed by atoms with van der Waals surface area (Å²) in [6.45, 7) is 1.44. The molecule has 26 heavy (non-hydrogen) atoms. The Kier molecular flexibility index (Phi) is 5.52. The fourth-order valence-electron chi connectivity index (χ4n) is 2.95. The molecule has 9 nitrogen and oxygen atoms in total. The maximum Gasteiger partial charge on any atom is 0.319 e. The molecule has 0 radical (unpaired) electrons. The van der Waals surface area contributed by atoms with E-state index in [1.54, 1.807) is 23.1 Å². The van der Waals surface area contributed by atoms with Gasteiger partial charge in [-0.05, 0) is 43.0 Å². The van der Waals surface area contributed by atoms with E-state index in [1.165, 1.54) is 16.9 Å². The number of amides is 2. The van der Waals surface area contributed by atoms with Crippen molar-refractivity contribution in [3.05, 3.63) is 36.9 Å². The van der Waals surface area contributed by atoms with E-state index in [4.69, 9.17) is 0 Å². The Balaban J connectivity index is 1.48. The molecule has 1 aromatic carbocycles. The zero-order valence-electron chi connectivity index (χ0n) is 14.5. The lowest BCUT2D eigenvalue weighted by atomic mass is 10.00. The van der Waals surface area contributed by atoms with Gasteiger partial charge in [-0.25, -0.2) is 27.2 Å². The highest BCUT2D eigenvalue weighted by Crippen LogP contribution is 2.18. The molecule has 1 fully saturated rings. The molecule has 10 heteroatoms. The van der Waals surface area contributed by atoms with Gasteiger partial charge in [0.1, 0.15) is 12.7 Å². The second kappa shape index (κ2) is 7.83. The second-order valence-corrected chi connectivity index (χ2v) is 8.33. The van der Waals surface area contributed by atoms with Gasteiger partial charge in [-0.15, -0.1) is 0 Å². The third-order valence-electron chi connectivity index (χ3n) is 4.31. The van der Waals surface area contributed by atoms with Gasteiger partial charge in [0.15, 0.2) is 0 Å². The fraction of sp³-hybridized carbons (Fsp3) is 0.438. The highest BCUT2D eigenvalue weighted by atomic mass is 32.2. The van der Waals surface area contributed by atoms with E-state index in [9.17, 15) is 13.2 Å². The number of anilines is 1. The number of carbonyl (C=O) groups is 1. The standard InChI is InChI=1S/C16H22N6O3S/c1-26(24,25)21-8-2-3-13(10-21)9-18-16(23)20-14-4-6-15(7-5-14)22-12-17-11-19-22/h4-7,11-13H,2-3,8-10H2,1H3,(H2,18,20,23). The minimum absolute atomic E-state index is 0.124. The Morgan fingerprint density at radius 1 is 1.31 bits per heavy atom. The van der Waals surface area contributed by atoms with Crippen LogP contribution in [0.25, 0.3) is 5.69 Å². The molecule has 0 spiro atoms. The number of urea groups is 1. The van der Waals surface area contributed by atoms with Crippen molar-refractivity contribution in [3.8, 4) is 5.69 Å². The van der Waals surface area contributed by atoms with Crippen LogP contribution in [0.2, 0.25) is 0 Å². The van der Waals surface area contributed by atoms with Crippen LogP contribution in [0.4, 0.5) is 10.5 Å². The van der Waals surface area contributed by atoms with Crippen LogP contribution >= 0.6 is 0 Å². The molecule has 1 saturated heterocycles. The smallest absolute Gasteiger partial charge is 0.319 e. The number of rotatable bonds is 5. The summed E-state index contributed by atoms with van der Waals surface area (Å²) in [6.07, 6.45) is 5.98. The zero-order valence-corrected chi connectivity index (χ0v) is 15.3. The van der Waals surface area contributed by atoms with Crippen LogP contribution in [-0.4, -0.2) is 59.4 Å². The maximum atomic E-state index is 12.1. The number of nitrogens with one attached hydrogen (secondary N) is 2. The van der Waals surface area contributed by atoms with E-state index in [-0.39, 0.29) is 11.9 Å². The van der Waals surface area contributed by atoms with Gasteiger partial charge < -0.3 is 10.6 Å². The van der Waals surface area contributed by atoms with Crippen LogP contribution < -0.4 is 10.6 Å². The lowest BCUT2D eigenvalue weighted by molar-refractivity contribution is 0.239. The first kappa shape index (κ1) is 18.3. The normalized spacial score (nSPS) is 18.4. The van der Waals surface area contributed by atoms with Gasteiger partial charge in [-0.3, -0.25) is 0 Å². The highest BCUT2D eigenvalue weighted by Gasteiger charge is 2.25. The van der Waals surface area contributed by atoms with Crippen molar-refractivity contribution in [3.63, 3.8) is 0 Å². The van der Waals surface area contributed by atoms with E-state index in [1.807, 2.05) is 12.1 Å². The summed E-state index contributed by atoms with van der Waals surface area (Å²) in [5.41, 5.74) is 1.50. The van der Waals surface area contributed by atoms with Gasteiger partial charge in [0.05, 0.1) is 11.9 Å². The molecule has 0 aliphatic carbocycles. The van der Waals surface area contributed by atoms with Gasteiger partial charge in [0.2, 0.25) is 10.0 Å². The quantitative estimate of drug-likeness (QED) is 0.809. The maximum absolute atomic E-state index is 12.1. The summed E-state index contributed by atoms with van der Waals surface area (Å²) in [5, 5.41) is 9.62. The number of sulfonamides is 1. The molecule has 1 unspecified atom stereocenters. The molecule has 2 N–H and O–H groups in total. The molecule has 2 amide bonds. The minimum atomic E-state index is -3.18. The Bertz CT molecular complexity index is 835. The third kappa shape index (κ3) is 4.79. The highest BCUT2D eigenvalue weighted by molar-refractivity contribution is 7.88. The van der Waals surface area contributed by atoms with Crippen LogP contribution in [0.15, 0.2) is 36.9 Å². The van der Waals surface area contributed by atoms with Crippen molar-refractivity contribution >= 4 is 21.7 Å². The molecule has 1 aliphatic heterocycles. The van der Waals surface area contributed by atoms with Crippen molar-refractivity contribution in [2.75, 3.05) is 31.2 Å². The molecule has 3 rings (SSSR count). The number of nitrogens with zero attached hydrogens (tertiary/aromatic N) is 4. The predicted octanol–water partition coefficient (Wildman–Crippen LogP) is 1.06. The van der Waals surface area contributed by atoms with Crippen LogP contribution in [0.5, 0.6) is 0 Å². The summed E-state index contributed by atoms with van der Waals surface area (Å²) in [6, 6.07) is 6.91. The average molecular weight is 378 g/mol. The number of hydrogen-bond acceptors (Lipinski definition) is 5. The van der Waals surface area contributed by atoms with Crippen molar-refractivity contribution in [1.29, 1.82) is 0 Å². The zero-order chi connectivity index (χ0) is 18.6. The van der Waals surface area contributed by atoms with Gasteiger partial charge in [-0.1, -0.05) is 0 Å². The molecule has 1 aromatic heterocycles. The first-order valence-electron chi connectivity index (χ1n) is 8.37. The van der Waals surface area contributed by atoms with E-state index in [2.05, 4.69) is 20.7 Å². The first-order valence-corrected chi connectivity index (χ1v) is 10.2. The van der Waals surface area contributed by atoms with Crippen molar-refractivity contribution < 1.29 is 13.2 Å². The number of piperidine rings is 1. The Hall–Kier alpha value is -2.46. The molecule has 0 bridgehead atoms. The largest absolute Gasteiger partial charge is 0.338 e. The molecule has 1 atom stereocenters. The molecule has 1 aliphatic rings. The van der Waals surface area contributed by atoms with Crippen molar-refractivity contribution in [2.45, 2.75) is 12.8 Å². The monoisotopic (exact) mass is 378 g/mol. The van der Waals surface area contributed by atoms with Crippen LogP contribution in [0.1, 0.15) is 12.8 Å². The SMILES string of the molecule is CS(=O)(=O)N1CCCC(CNC(=O)Nc2ccc(-n3cncn3)cc2)C1. The minimum Gasteiger partial charge on any atom is -0.338 e. The first-order chi connectivity index (χ1) is 12.4. The fourth-order valence-corrected chi connectivity index (χ4v) is 3.89. The second-order valence-electron chi connectivity index (χ2n) is 6.35. The lowest BCUT2D eigenvalue weighted by Crippen LogP contribution is -2.43. The third-order valence-corrected chi connectivity index (χ3v) is 5.58. The van der Waals surface area contributed by atoms with E-state index in [0.29, 0.717) is 25.3 Å². The molecule has 2 aromatic rings. The Morgan fingerprint density at radius 2 is 2.08 bits per heavy atom. The molecular formula is C16H22N6O3S. The topological polar surface area (TPSA) is 109 Å². The molecule has 0 saturated carbocycles. The number of aromatic nitrogens is 3. The van der Waals surface area contributed by atoms with Gasteiger partial charge >= 0.3 is 6.03 Å². The molecule has 2 heterocycles. The van der Waals surface area contributed by atoms with Crippen molar-refractivity contribution in [2.24, 2.45) is 5.92 Å². The molecular weight excluding hydrogens is 356 g/mol. The van der Waals surface area contributed by atoms with E-state index in [0.717, 1.165) is 18.5 Å². The van der Waals surface area contributed by atoms with Gasteiger partial charge in [0.25, 0.3) is 0 Å². The van der Waals surface area contributed by atoms with Gasteiger partial charge in [0, 0.05) is 25.3 Å². The average Bonchev–Trinajstić information content (AvgIpc) is 3.15. The van der Waals surface area contributed by atoms with E-state index >= 15 is 0 Å². The summed E-state index contributed by atoms with van der Waals surface area (Å²) in [4.78, 5) is 16.0. The Labute approximate surface area is 152 Å². The van der Waals surface area contributed by atoms with Gasteiger partial charge in [-0.2, -0.15) is 5.10 Å². The predicted molar refractivity (Wildman–Crippen MR) is 97.5 cm³/mol. The lowest BCUT2D eigenvalue weighted by Gasteiger charge is -2.30. The summed E-state index contributed by atoms with van der Waals surface area (Å²) >= 11 is 0. The molecule has 140 valence electrons. The number of carbonyl (C=O) groups excluding carboxylic acids is 1. The Morgan fingerprint density at radius 3 is 2.73 bits per heavy atom. The number of benzene rings is 1. The number of hydrogen-bond donors (Lipinski definition) is 2.